The average molecular weight is 333 g/mol. The van der Waals surface area contributed by atoms with E-state index in [0.29, 0.717) is 10.7 Å². The fourth-order valence-electron chi connectivity index (χ4n) is 1.66. The second-order valence-electron chi connectivity index (χ2n) is 4.03. The van der Waals surface area contributed by atoms with E-state index in [9.17, 15) is 9.18 Å². The zero-order valence-electron chi connectivity index (χ0n) is 10.1. The van der Waals surface area contributed by atoms with Crippen molar-refractivity contribution in [3.8, 4) is 0 Å². The first-order chi connectivity index (χ1) is 9.49. The molecule has 2 aromatic carbocycles. The van der Waals surface area contributed by atoms with Crippen molar-refractivity contribution in [3.63, 3.8) is 0 Å². The van der Waals surface area contributed by atoms with Gasteiger partial charge in [-0.1, -0.05) is 46.9 Å². The maximum Gasteiger partial charge on any atom is 0.229 e. The summed E-state index contributed by atoms with van der Waals surface area (Å²) in [6.07, 6.45) is -0.186. The van der Waals surface area contributed by atoms with E-state index < -0.39 is 11.7 Å². The van der Waals surface area contributed by atoms with E-state index in [1.54, 1.807) is 18.2 Å². The van der Waals surface area contributed by atoms with Crippen LogP contribution in [0.2, 0.25) is 15.1 Å². The fraction of sp³-hybridized carbons (Fsp3) is 0.0714. The molecule has 6 heteroatoms. The van der Waals surface area contributed by atoms with Gasteiger partial charge in [0.05, 0.1) is 22.2 Å². The molecule has 0 aliphatic heterocycles. The van der Waals surface area contributed by atoms with E-state index in [1.165, 1.54) is 18.2 Å². The molecule has 20 heavy (non-hydrogen) atoms. The van der Waals surface area contributed by atoms with Gasteiger partial charge >= 0.3 is 0 Å². The first kappa shape index (κ1) is 15.1. The summed E-state index contributed by atoms with van der Waals surface area (Å²) in [5.41, 5.74) is 0.515. The van der Waals surface area contributed by atoms with Crippen LogP contribution in [0.15, 0.2) is 36.4 Å². The topological polar surface area (TPSA) is 29.1 Å². The van der Waals surface area contributed by atoms with E-state index >= 15 is 0 Å². The van der Waals surface area contributed by atoms with E-state index in [-0.39, 0.29) is 22.0 Å². The van der Waals surface area contributed by atoms with Crippen LogP contribution in [0.5, 0.6) is 0 Å². The summed E-state index contributed by atoms with van der Waals surface area (Å²) in [6, 6.07) is 9.12. The summed E-state index contributed by atoms with van der Waals surface area (Å²) in [5, 5.41) is 3.34. The Labute approximate surface area is 130 Å². The number of rotatable bonds is 3. The average Bonchev–Trinajstić information content (AvgIpc) is 2.39. The molecule has 0 radical (unpaired) electrons. The molecule has 2 aromatic rings. The molecule has 0 spiro atoms. The maximum atomic E-state index is 13.6. The van der Waals surface area contributed by atoms with Gasteiger partial charge in [-0.2, -0.15) is 0 Å². The predicted octanol–water partition coefficient (Wildman–Crippen LogP) is 4.97. The van der Waals surface area contributed by atoms with Crippen molar-refractivity contribution < 1.29 is 9.18 Å². The van der Waals surface area contributed by atoms with Crippen LogP contribution in [0.25, 0.3) is 0 Å². The van der Waals surface area contributed by atoms with Crippen molar-refractivity contribution in [3.05, 3.63) is 62.8 Å². The van der Waals surface area contributed by atoms with Crippen molar-refractivity contribution in [1.29, 1.82) is 0 Å². The van der Waals surface area contributed by atoms with Gasteiger partial charge in [0.1, 0.15) is 5.82 Å². The van der Waals surface area contributed by atoms with Crippen LogP contribution in [0.4, 0.5) is 10.1 Å². The van der Waals surface area contributed by atoms with Crippen molar-refractivity contribution in [1.82, 2.24) is 0 Å². The van der Waals surface area contributed by atoms with Crippen molar-refractivity contribution in [2.45, 2.75) is 6.42 Å². The summed E-state index contributed by atoms with van der Waals surface area (Å²) >= 11 is 17.7. The Hall–Kier alpha value is -1.29. The van der Waals surface area contributed by atoms with Gasteiger partial charge in [0.15, 0.2) is 0 Å². The first-order valence-electron chi connectivity index (χ1n) is 5.66. The molecule has 0 aromatic heterocycles. The number of halogens is 4. The van der Waals surface area contributed by atoms with E-state index in [0.717, 1.165) is 0 Å². The molecular weight excluding hydrogens is 324 g/mol. The monoisotopic (exact) mass is 331 g/mol. The summed E-state index contributed by atoms with van der Waals surface area (Å²) < 4.78 is 13.6. The molecule has 0 saturated heterocycles. The second-order valence-corrected chi connectivity index (χ2v) is 5.22. The Morgan fingerprint density at radius 2 is 1.70 bits per heavy atom. The van der Waals surface area contributed by atoms with Crippen LogP contribution in [-0.4, -0.2) is 5.91 Å². The highest BCUT2D eigenvalue weighted by molar-refractivity contribution is 6.44. The van der Waals surface area contributed by atoms with Gasteiger partial charge in [-0.15, -0.1) is 0 Å². The largest absolute Gasteiger partial charge is 0.324 e. The number of carbonyl (C=O) groups is 1. The fourth-order valence-corrected chi connectivity index (χ4v) is 2.23. The SMILES string of the molecule is O=C(Cc1c(F)cccc1Cl)Nc1cccc(Cl)c1Cl. The van der Waals surface area contributed by atoms with Crippen LogP contribution in [0.1, 0.15) is 5.56 Å². The molecule has 0 aliphatic rings. The minimum atomic E-state index is -0.523. The Bertz CT molecular complexity index is 641. The van der Waals surface area contributed by atoms with Crippen molar-refractivity contribution in [2.75, 3.05) is 5.32 Å². The highest BCUT2D eigenvalue weighted by Crippen LogP contribution is 2.29. The number of anilines is 1. The third kappa shape index (κ3) is 3.42. The summed E-state index contributed by atoms with van der Waals surface area (Å²) in [4.78, 5) is 11.9. The molecule has 1 N–H and O–H groups in total. The minimum absolute atomic E-state index is 0.143. The van der Waals surface area contributed by atoms with E-state index in [1.807, 2.05) is 0 Å². The van der Waals surface area contributed by atoms with Crippen LogP contribution in [-0.2, 0) is 11.2 Å². The van der Waals surface area contributed by atoms with Crippen molar-refractivity contribution >= 4 is 46.4 Å². The normalized spacial score (nSPS) is 10.4. The standard InChI is InChI=1S/C14H9Cl3FNO/c15-9-3-1-5-11(18)8(9)7-13(20)19-12-6-2-4-10(16)14(12)17/h1-6H,7H2,(H,19,20). The van der Waals surface area contributed by atoms with Gasteiger partial charge in [0.2, 0.25) is 5.91 Å². The first-order valence-corrected chi connectivity index (χ1v) is 6.79. The van der Waals surface area contributed by atoms with Crippen LogP contribution in [0.3, 0.4) is 0 Å². The van der Waals surface area contributed by atoms with Gasteiger partial charge in [-0.3, -0.25) is 4.79 Å². The van der Waals surface area contributed by atoms with Crippen molar-refractivity contribution in [2.24, 2.45) is 0 Å². The Balaban J connectivity index is 2.16. The zero-order valence-corrected chi connectivity index (χ0v) is 12.4. The third-order valence-electron chi connectivity index (χ3n) is 2.62. The molecule has 0 aliphatic carbocycles. The molecule has 0 bridgehead atoms. The molecule has 0 unspecified atom stereocenters. The summed E-state index contributed by atoms with van der Waals surface area (Å²) in [7, 11) is 0. The summed E-state index contributed by atoms with van der Waals surface area (Å²) in [5.74, 6) is -0.953. The molecular formula is C14H9Cl3FNO. The van der Waals surface area contributed by atoms with E-state index in [4.69, 9.17) is 34.8 Å². The number of nitrogens with one attached hydrogen (secondary N) is 1. The van der Waals surface area contributed by atoms with Gasteiger partial charge in [-0.25, -0.2) is 4.39 Å². The third-order valence-corrected chi connectivity index (χ3v) is 3.80. The molecule has 1 amide bonds. The lowest BCUT2D eigenvalue weighted by molar-refractivity contribution is -0.115. The van der Waals surface area contributed by atoms with Gasteiger partial charge in [0, 0.05) is 10.6 Å². The molecule has 0 atom stereocenters. The van der Waals surface area contributed by atoms with Gasteiger partial charge in [-0.05, 0) is 24.3 Å². The number of hydrogen-bond acceptors (Lipinski definition) is 1. The lowest BCUT2D eigenvalue weighted by Crippen LogP contribution is -2.15. The quantitative estimate of drug-likeness (QED) is 0.845. The highest BCUT2D eigenvalue weighted by atomic mass is 35.5. The minimum Gasteiger partial charge on any atom is -0.324 e. The van der Waals surface area contributed by atoms with Crippen LogP contribution in [0, 0.1) is 5.82 Å². The molecule has 104 valence electrons. The van der Waals surface area contributed by atoms with Crippen LogP contribution < -0.4 is 5.32 Å². The summed E-state index contributed by atoms with van der Waals surface area (Å²) in [6.45, 7) is 0. The maximum absolute atomic E-state index is 13.6. The zero-order chi connectivity index (χ0) is 14.7. The number of benzene rings is 2. The highest BCUT2D eigenvalue weighted by Gasteiger charge is 2.13. The number of carbonyl (C=O) groups excluding carboxylic acids is 1. The molecule has 2 rings (SSSR count). The Morgan fingerprint density at radius 3 is 2.40 bits per heavy atom. The smallest absolute Gasteiger partial charge is 0.229 e. The van der Waals surface area contributed by atoms with Gasteiger partial charge < -0.3 is 5.32 Å². The molecule has 0 fully saturated rings. The van der Waals surface area contributed by atoms with Crippen LogP contribution >= 0.6 is 34.8 Å². The predicted molar refractivity (Wildman–Crippen MR) is 80.2 cm³/mol. The van der Waals surface area contributed by atoms with E-state index in [2.05, 4.69) is 5.32 Å². The molecule has 2 nitrogen and oxygen atoms in total. The Kier molecular flexibility index (Phi) is 4.86. The Morgan fingerprint density at radius 1 is 1.05 bits per heavy atom. The van der Waals surface area contributed by atoms with Gasteiger partial charge in [0.25, 0.3) is 0 Å². The number of amides is 1. The lowest BCUT2D eigenvalue weighted by Gasteiger charge is -2.09. The molecule has 0 saturated carbocycles. The second kappa shape index (κ2) is 6.44. The lowest BCUT2D eigenvalue weighted by atomic mass is 10.1. The molecule has 0 heterocycles. The number of hydrogen-bond donors (Lipinski definition) is 1.